The molecule has 6 heteroatoms. The van der Waals surface area contributed by atoms with Crippen LogP contribution >= 0.6 is 11.6 Å². The van der Waals surface area contributed by atoms with Crippen LogP contribution in [0.1, 0.15) is 38.8 Å². The minimum atomic E-state index is 0.0904. The molecule has 170 valence electrons. The number of carbonyl (C=O) groups excluding carboxylic acids is 1. The van der Waals surface area contributed by atoms with Crippen LogP contribution in [0, 0.1) is 0 Å². The van der Waals surface area contributed by atoms with E-state index in [1.54, 1.807) is 0 Å². The summed E-state index contributed by atoms with van der Waals surface area (Å²) in [6, 6.07) is 18.4. The fourth-order valence-corrected chi connectivity index (χ4v) is 5.21. The van der Waals surface area contributed by atoms with Crippen LogP contribution in [0.5, 0.6) is 0 Å². The Morgan fingerprint density at radius 1 is 0.970 bits per heavy atom. The van der Waals surface area contributed by atoms with Crippen molar-refractivity contribution in [2.75, 3.05) is 45.2 Å². The number of hydrogen-bond donors (Lipinski definition) is 0. The molecule has 0 spiro atoms. The summed E-state index contributed by atoms with van der Waals surface area (Å²) in [5.74, 6) is 0.103. The summed E-state index contributed by atoms with van der Waals surface area (Å²) in [4.78, 5) is 24.4. The Labute approximate surface area is 200 Å². The fraction of sp³-hybridized carbons (Fsp3) is 0.333. The molecule has 5 rings (SSSR count). The molecule has 1 fully saturated rings. The molecule has 0 N–H and O–H groups in total. The first-order valence-corrected chi connectivity index (χ1v) is 11.9. The van der Waals surface area contributed by atoms with Crippen molar-refractivity contribution in [3.05, 3.63) is 93.8 Å². The first-order valence-electron chi connectivity index (χ1n) is 11.5. The fourth-order valence-electron chi connectivity index (χ4n) is 5.02. The van der Waals surface area contributed by atoms with Crippen molar-refractivity contribution in [2.45, 2.75) is 18.9 Å². The van der Waals surface area contributed by atoms with Crippen LogP contribution in [0.15, 0.2) is 60.8 Å². The maximum absolute atomic E-state index is 13.1. The number of aromatic nitrogens is 1. The van der Waals surface area contributed by atoms with Gasteiger partial charge in [0.2, 0.25) is 0 Å². The lowest BCUT2D eigenvalue weighted by molar-refractivity contribution is 0.0594. The van der Waals surface area contributed by atoms with Gasteiger partial charge >= 0.3 is 0 Å². The molecule has 2 aliphatic rings. The number of fused-ring (bicyclic) bond motifs is 2. The summed E-state index contributed by atoms with van der Waals surface area (Å²) in [6.07, 6.45) is 3.82. The normalized spacial score (nSPS) is 18.3. The molecule has 1 aliphatic heterocycles. The number of anilines is 1. The number of amides is 1. The molecule has 0 saturated carbocycles. The van der Waals surface area contributed by atoms with Crippen LogP contribution in [0.4, 0.5) is 5.69 Å². The van der Waals surface area contributed by atoms with Crippen molar-refractivity contribution in [1.82, 2.24) is 14.8 Å². The maximum Gasteiger partial charge on any atom is 0.253 e. The molecular weight excluding hydrogens is 432 g/mol. The highest BCUT2D eigenvalue weighted by Crippen LogP contribution is 2.37. The Morgan fingerprint density at radius 3 is 2.42 bits per heavy atom. The highest BCUT2D eigenvalue weighted by molar-refractivity contribution is 6.30. The second-order valence-electron chi connectivity index (χ2n) is 9.06. The standard InChI is InChI=1S/C27H29ClN4O/c1-30(2)23-10-7-20(8-11-23)27(33)32-16-14-31(15-17-32)26-24-12-9-22(28)18-21(24)6-5-19-4-3-13-29-25(19)26/h3-4,7-13,18,26H,5-6,14-17H2,1-2H3. The molecule has 1 amide bonds. The number of nitrogens with zero attached hydrogens (tertiary/aromatic N) is 4. The molecule has 1 aliphatic carbocycles. The highest BCUT2D eigenvalue weighted by atomic mass is 35.5. The number of piperazine rings is 1. The van der Waals surface area contributed by atoms with E-state index in [-0.39, 0.29) is 11.9 Å². The molecule has 2 aromatic carbocycles. The van der Waals surface area contributed by atoms with Crippen molar-refractivity contribution in [3.63, 3.8) is 0 Å². The molecular formula is C27H29ClN4O. The summed E-state index contributed by atoms with van der Waals surface area (Å²) >= 11 is 6.34. The van der Waals surface area contributed by atoms with E-state index in [0.29, 0.717) is 13.1 Å². The Hall–Kier alpha value is -2.89. The average Bonchev–Trinajstić information content (AvgIpc) is 3.00. The van der Waals surface area contributed by atoms with Gasteiger partial charge in [0.15, 0.2) is 0 Å². The lowest BCUT2D eigenvalue weighted by atomic mass is 9.96. The van der Waals surface area contributed by atoms with Crippen molar-refractivity contribution in [2.24, 2.45) is 0 Å². The Bertz CT molecular complexity index is 1150. The van der Waals surface area contributed by atoms with E-state index in [9.17, 15) is 4.79 Å². The highest BCUT2D eigenvalue weighted by Gasteiger charge is 2.33. The van der Waals surface area contributed by atoms with E-state index >= 15 is 0 Å². The predicted molar refractivity (Wildman–Crippen MR) is 133 cm³/mol. The van der Waals surface area contributed by atoms with Gasteiger partial charge < -0.3 is 9.80 Å². The van der Waals surface area contributed by atoms with Crippen LogP contribution in [-0.4, -0.2) is 61.0 Å². The van der Waals surface area contributed by atoms with Gasteiger partial charge in [0, 0.05) is 62.7 Å². The van der Waals surface area contributed by atoms with Gasteiger partial charge in [-0.1, -0.05) is 23.7 Å². The van der Waals surface area contributed by atoms with Gasteiger partial charge in [0.25, 0.3) is 5.91 Å². The Morgan fingerprint density at radius 2 is 1.70 bits per heavy atom. The van der Waals surface area contributed by atoms with Gasteiger partial charge in [-0.25, -0.2) is 0 Å². The minimum absolute atomic E-state index is 0.0904. The van der Waals surface area contributed by atoms with Gasteiger partial charge in [0.05, 0.1) is 11.7 Å². The first kappa shape index (κ1) is 21.9. The molecule has 1 atom stereocenters. The quantitative estimate of drug-likeness (QED) is 0.579. The average molecular weight is 461 g/mol. The van der Waals surface area contributed by atoms with E-state index in [1.807, 2.05) is 66.5 Å². The van der Waals surface area contributed by atoms with Crippen molar-refractivity contribution >= 4 is 23.2 Å². The number of carbonyl (C=O) groups is 1. The molecule has 2 heterocycles. The lowest BCUT2D eigenvalue weighted by Crippen LogP contribution is -2.50. The van der Waals surface area contributed by atoms with E-state index in [4.69, 9.17) is 16.6 Å². The largest absolute Gasteiger partial charge is 0.378 e. The second-order valence-corrected chi connectivity index (χ2v) is 9.50. The monoisotopic (exact) mass is 460 g/mol. The van der Waals surface area contributed by atoms with E-state index in [2.05, 4.69) is 23.1 Å². The smallest absolute Gasteiger partial charge is 0.253 e. The summed E-state index contributed by atoms with van der Waals surface area (Å²) in [5, 5.41) is 0.780. The number of hydrogen-bond acceptors (Lipinski definition) is 4. The van der Waals surface area contributed by atoms with Gasteiger partial charge in [-0.2, -0.15) is 0 Å². The van der Waals surface area contributed by atoms with Crippen LogP contribution in [0.2, 0.25) is 5.02 Å². The predicted octanol–water partition coefficient (Wildman–Crippen LogP) is 4.45. The van der Waals surface area contributed by atoms with Crippen LogP contribution in [0.25, 0.3) is 0 Å². The van der Waals surface area contributed by atoms with Crippen molar-refractivity contribution in [1.29, 1.82) is 0 Å². The van der Waals surface area contributed by atoms with Gasteiger partial charge in [0.1, 0.15) is 0 Å². The molecule has 3 aromatic rings. The lowest BCUT2D eigenvalue weighted by Gasteiger charge is -2.39. The first-order chi connectivity index (χ1) is 16.0. The number of halogens is 1. The third kappa shape index (κ3) is 4.35. The van der Waals surface area contributed by atoms with Gasteiger partial charge in [-0.15, -0.1) is 0 Å². The van der Waals surface area contributed by atoms with Gasteiger partial charge in [-0.3, -0.25) is 14.7 Å². The number of aryl methyl sites for hydroxylation is 2. The number of pyridine rings is 1. The summed E-state index contributed by atoms with van der Waals surface area (Å²) in [6.45, 7) is 3.03. The van der Waals surface area contributed by atoms with E-state index in [1.165, 1.54) is 16.7 Å². The minimum Gasteiger partial charge on any atom is -0.378 e. The van der Waals surface area contributed by atoms with Crippen LogP contribution in [0.3, 0.4) is 0 Å². The summed E-state index contributed by atoms with van der Waals surface area (Å²) in [7, 11) is 4.01. The van der Waals surface area contributed by atoms with E-state index < -0.39 is 0 Å². The zero-order chi connectivity index (χ0) is 22.9. The molecule has 0 radical (unpaired) electrons. The SMILES string of the molecule is CN(C)c1ccc(C(=O)N2CCN(C3c4ccc(Cl)cc4CCc4cccnc43)CC2)cc1. The van der Waals surface area contributed by atoms with Crippen LogP contribution < -0.4 is 4.90 Å². The third-order valence-corrected chi connectivity index (χ3v) is 7.08. The zero-order valence-corrected chi connectivity index (χ0v) is 19.9. The molecule has 5 nitrogen and oxygen atoms in total. The second kappa shape index (κ2) is 9.16. The van der Waals surface area contributed by atoms with E-state index in [0.717, 1.165) is 47.9 Å². The molecule has 1 saturated heterocycles. The molecule has 0 bridgehead atoms. The summed E-state index contributed by atoms with van der Waals surface area (Å²) in [5.41, 5.74) is 6.86. The van der Waals surface area contributed by atoms with Crippen LogP contribution in [-0.2, 0) is 12.8 Å². The summed E-state index contributed by atoms with van der Waals surface area (Å²) < 4.78 is 0. The number of benzene rings is 2. The molecule has 1 unspecified atom stereocenters. The maximum atomic E-state index is 13.1. The molecule has 33 heavy (non-hydrogen) atoms. The number of rotatable bonds is 3. The Kier molecular flexibility index (Phi) is 6.09. The molecule has 1 aromatic heterocycles. The Balaban J connectivity index is 1.37. The zero-order valence-electron chi connectivity index (χ0n) is 19.2. The van der Waals surface area contributed by atoms with Crippen molar-refractivity contribution < 1.29 is 4.79 Å². The van der Waals surface area contributed by atoms with Gasteiger partial charge in [-0.05, 0) is 72.0 Å². The third-order valence-electron chi connectivity index (χ3n) is 6.85. The van der Waals surface area contributed by atoms with Crippen molar-refractivity contribution in [3.8, 4) is 0 Å². The topological polar surface area (TPSA) is 39.7 Å².